The third kappa shape index (κ3) is 1.71. The van der Waals surface area contributed by atoms with Crippen LogP contribution in [0.25, 0.3) is 0 Å². The molecule has 2 aliphatic heterocycles. The van der Waals surface area contributed by atoms with Crippen molar-refractivity contribution in [2.45, 2.75) is 32.4 Å². The lowest BCUT2D eigenvalue weighted by molar-refractivity contribution is 0.106. The molecule has 2 saturated heterocycles. The standard InChI is InChI=1S/C10H19N3O/c1-2-12-7-4-8-13(10(12)14)9-5-3-6-11-9/h9,11H,2-8H2,1H3. The summed E-state index contributed by atoms with van der Waals surface area (Å²) < 4.78 is 0. The van der Waals surface area contributed by atoms with Crippen LogP contribution in [-0.2, 0) is 0 Å². The number of nitrogens with one attached hydrogen (secondary N) is 1. The normalized spacial score (nSPS) is 28.6. The largest absolute Gasteiger partial charge is 0.325 e. The second kappa shape index (κ2) is 4.17. The lowest BCUT2D eigenvalue weighted by Crippen LogP contribution is -2.55. The summed E-state index contributed by atoms with van der Waals surface area (Å²) in [7, 11) is 0. The number of hydrogen-bond donors (Lipinski definition) is 1. The molecule has 0 aromatic heterocycles. The number of amides is 2. The van der Waals surface area contributed by atoms with Crippen molar-refractivity contribution in [1.82, 2.24) is 15.1 Å². The summed E-state index contributed by atoms with van der Waals surface area (Å²) in [6.07, 6.45) is 3.72. The number of carbonyl (C=O) groups excluding carboxylic acids is 1. The Morgan fingerprint density at radius 2 is 2.29 bits per heavy atom. The van der Waals surface area contributed by atoms with Gasteiger partial charge in [0.2, 0.25) is 0 Å². The summed E-state index contributed by atoms with van der Waals surface area (Å²) in [6, 6.07) is 0.221. The maximum Gasteiger partial charge on any atom is 0.321 e. The van der Waals surface area contributed by atoms with E-state index in [1.807, 2.05) is 16.7 Å². The second-order valence-electron chi connectivity index (χ2n) is 4.02. The van der Waals surface area contributed by atoms with E-state index in [1.165, 1.54) is 6.42 Å². The minimum atomic E-state index is 0.221. The van der Waals surface area contributed by atoms with Crippen molar-refractivity contribution in [3.63, 3.8) is 0 Å². The fourth-order valence-corrected chi connectivity index (χ4v) is 2.32. The van der Waals surface area contributed by atoms with Crippen LogP contribution in [0.3, 0.4) is 0 Å². The van der Waals surface area contributed by atoms with E-state index in [0.29, 0.717) is 6.17 Å². The molecule has 0 saturated carbocycles. The van der Waals surface area contributed by atoms with Gasteiger partial charge >= 0.3 is 6.03 Å². The number of urea groups is 1. The summed E-state index contributed by atoms with van der Waals surface area (Å²) in [6.45, 7) is 5.79. The lowest BCUT2D eigenvalue weighted by atomic mass is 10.2. The Morgan fingerprint density at radius 1 is 1.43 bits per heavy atom. The molecule has 0 spiro atoms. The summed E-state index contributed by atoms with van der Waals surface area (Å²) >= 11 is 0. The molecule has 2 heterocycles. The third-order valence-electron chi connectivity index (χ3n) is 3.14. The average molecular weight is 197 g/mol. The number of nitrogens with zero attached hydrogens (tertiary/aromatic N) is 2. The van der Waals surface area contributed by atoms with Crippen molar-refractivity contribution in [2.24, 2.45) is 0 Å². The molecule has 2 aliphatic rings. The van der Waals surface area contributed by atoms with Crippen molar-refractivity contribution in [2.75, 3.05) is 26.2 Å². The smallest absolute Gasteiger partial charge is 0.321 e. The van der Waals surface area contributed by atoms with Crippen LogP contribution >= 0.6 is 0 Å². The summed E-state index contributed by atoms with van der Waals surface area (Å²) in [5.41, 5.74) is 0. The zero-order valence-electron chi connectivity index (χ0n) is 8.83. The van der Waals surface area contributed by atoms with Gasteiger partial charge in [0.15, 0.2) is 0 Å². The minimum absolute atomic E-state index is 0.221. The van der Waals surface area contributed by atoms with Crippen molar-refractivity contribution in [3.8, 4) is 0 Å². The van der Waals surface area contributed by atoms with E-state index < -0.39 is 0 Å². The van der Waals surface area contributed by atoms with Crippen molar-refractivity contribution in [3.05, 3.63) is 0 Å². The molecular weight excluding hydrogens is 178 g/mol. The molecule has 2 amide bonds. The van der Waals surface area contributed by atoms with Crippen LogP contribution < -0.4 is 5.32 Å². The van der Waals surface area contributed by atoms with E-state index in [9.17, 15) is 4.79 Å². The molecule has 2 rings (SSSR count). The molecule has 0 bridgehead atoms. The molecule has 1 unspecified atom stereocenters. The van der Waals surface area contributed by atoms with E-state index in [1.54, 1.807) is 0 Å². The van der Waals surface area contributed by atoms with Crippen LogP contribution in [0.15, 0.2) is 0 Å². The Balaban J connectivity index is 1.99. The van der Waals surface area contributed by atoms with Gasteiger partial charge in [0, 0.05) is 19.6 Å². The van der Waals surface area contributed by atoms with Crippen LogP contribution in [0.5, 0.6) is 0 Å². The van der Waals surface area contributed by atoms with Gasteiger partial charge in [0.25, 0.3) is 0 Å². The van der Waals surface area contributed by atoms with Crippen molar-refractivity contribution >= 4 is 6.03 Å². The lowest BCUT2D eigenvalue weighted by Gasteiger charge is -2.38. The first-order chi connectivity index (χ1) is 6.83. The topological polar surface area (TPSA) is 35.6 Å². The molecule has 0 aromatic rings. The molecule has 4 nitrogen and oxygen atoms in total. The highest BCUT2D eigenvalue weighted by Gasteiger charge is 2.31. The summed E-state index contributed by atoms with van der Waals surface area (Å²) in [5, 5.41) is 3.38. The van der Waals surface area contributed by atoms with Gasteiger partial charge in [0.05, 0.1) is 6.17 Å². The van der Waals surface area contributed by atoms with Gasteiger partial charge in [-0.1, -0.05) is 0 Å². The highest BCUT2D eigenvalue weighted by molar-refractivity contribution is 5.75. The van der Waals surface area contributed by atoms with Crippen molar-refractivity contribution in [1.29, 1.82) is 0 Å². The monoisotopic (exact) mass is 197 g/mol. The first-order valence-corrected chi connectivity index (χ1v) is 5.62. The van der Waals surface area contributed by atoms with Crippen LogP contribution in [0, 0.1) is 0 Å². The molecule has 0 aromatic carbocycles. The van der Waals surface area contributed by atoms with E-state index in [2.05, 4.69) is 5.32 Å². The Hall–Kier alpha value is -0.770. The summed E-state index contributed by atoms with van der Waals surface area (Å²) in [4.78, 5) is 15.9. The highest BCUT2D eigenvalue weighted by Crippen LogP contribution is 2.16. The molecule has 14 heavy (non-hydrogen) atoms. The van der Waals surface area contributed by atoms with Gasteiger partial charge in [0.1, 0.15) is 0 Å². The molecular formula is C10H19N3O. The highest BCUT2D eigenvalue weighted by atomic mass is 16.2. The molecule has 2 fully saturated rings. The van der Waals surface area contributed by atoms with Crippen LogP contribution in [-0.4, -0.2) is 48.2 Å². The Kier molecular flexibility index (Phi) is 2.91. The van der Waals surface area contributed by atoms with Crippen LogP contribution in [0.2, 0.25) is 0 Å². The van der Waals surface area contributed by atoms with Crippen molar-refractivity contribution < 1.29 is 4.79 Å². The quantitative estimate of drug-likeness (QED) is 0.712. The molecule has 0 aliphatic carbocycles. The van der Waals surface area contributed by atoms with Gasteiger partial charge in [-0.25, -0.2) is 4.79 Å². The average Bonchev–Trinajstić information content (AvgIpc) is 2.71. The van der Waals surface area contributed by atoms with Gasteiger partial charge in [-0.15, -0.1) is 0 Å². The van der Waals surface area contributed by atoms with Gasteiger partial charge in [-0.3, -0.25) is 5.32 Å². The number of hydrogen-bond acceptors (Lipinski definition) is 2. The predicted octanol–water partition coefficient (Wildman–Crippen LogP) is 0.843. The Labute approximate surface area is 85.2 Å². The second-order valence-corrected chi connectivity index (χ2v) is 4.02. The molecule has 80 valence electrons. The number of carbonyl (C=O) groups is 1. The molecule has 1 N–H and O–H groups in total. The fourth-order valence-electron chi connectivity index (χ4n) is 2.32. The Bertz CT molecular complexity index is 213. The van der Waals surface area contributed by atoms with Gasteiger partial charge in [-0.2, -0.15) is 0 Å². The van der Waals surface area contributed by atoms with E-state index in [0.717, 1.165) is 39.0 Å². The van der Waals surface area contributed by atoms with Gasteiger partial charge in [-0.05, 0) is 32.7 Å². The van der Waals surface area contributed by atoms with Crippen LogP contribution in [0.1, 0.15) is 26.2 Å². The van der Waals surface area contributed by atoms with Gasteiger partial charge < -0.3 is 9.80 Å². The van der Waals surface area contributed by atoms with E-state index >= 15 is 0 Å². The Morgan fingerprint density at radius 3 is 2.93 bits per heavy atom. The number of rotatable bonds is 2. The molecule has 0 radical (unpaired) electrons. The molecule has 1 atom stereocenters. The maximum atomic E-state index is 12.0. The van der Waals surface area contributed by atoms with Crippen LogP contribution in [0.4, 0.5) is 4.79 Å². The predicted molar refractivity (Wildman–Crippen MR) is 55.0 cm³/mol. The third-order valence-corrected chi connectivity index (χ3v) is 3.14. The van der Waals surface area contributed by atoms with E-state index in [-0.39, 0.29) is 6.03 Å². The maximum absolute atomic E-state index is 12.0. The zero-order valence-corrected chi connectivity index (χ0v) is 8.83. The SMILES string of the molecule is CCN1CCCN(C2CCCN2)C1=O. The summed E-state index contributed by atoms with van der Waals surface area (Å²) in [5.74, 6) is 0. The fraction of sp³-hybridized carbons (Fsp3) is 0.900. The van der Waals surface area contributed by atoms with E-state index in [4.69, 9.17) is 0 Å². The molecule has 4 heteroatoms. The zero-order chi connectivity index (χ0) is 9.97. The minimum Gasteiger partial charge on any atom is -0.325 e. The first kappa shape index (κ1) is 9.77. The first-order valence-electron chi connectivity index (χ1n) is 5.62.